The van der Waals surface area contributed by atoms with E-state index in [1.165, 1.54) is 23.4 Å². The van der Waals surface area contributed by atoms with Gasteiger partial charge in [-0.3, -0.25) is 0 Å². The van der Waals surface area contributed by atoms with E-state index in [4.69, 9.17) is 21.1 Å². The molecule has 0 amide bonds. The Morgan fingerprint density at radius 2 is 2.04 bits per heavy atom. The van der Waals surface area contributed by atoms with Gasteiger partial charge < -0.3 is 14.6 Å². The zero-order valence-corrected chi connectivity index (χ0v) is 14.5. The molecule has 1 aliphatic rings. The van der Waals surface area contributed by atoms with Gasteiger partial charge in [0.2, 0.25) is 5.88 Å². The first-order chi connectivity index (χ1) is 12.1. The summed E-state index contributed by atoms with van der Waals surface area (Å²) in [6, 6.07) is 9.73. The summed E-state index contributed by atoms with van der Waals surface area (Å²) < 4.78 is 10.7. The monoisotopic (exact) mass is 359 g/mol. The molecule has 0 spiro atoms. The number of halogens is 1. The molecule has 0 saturated heterocycles. The smallest absolute Gasteiger partial charge is 0.334 e. The number of aliphatic hydroxyl groups is 1. The maximum atomic E-state index is 11.5. The van der Waals surface area contributed by atoms with Crippen molar-refractivity contribution < 1.29 is 19.4 Å². The third-order valence-electron chi connectivity index (χ3n) is 3.95. The Balaban J connectivity index is 1.75. The van der Waals surface area contributed by atoms with Gasteiger partial charge in [0.15, 0.2) is 0 Å². The van der Waals surface area contributed by atoms with Crippen molar-refractivity contribution in [1.29, 1.82) is 0 Å². The number of hydrogen-bond donors (Lipinski definition) is 1. The molecule has 1 aromatic carbocycles. The number of aromatic nitrogens is 1. The predicted molar refractivity (Wildman–Crippen MR) is 94.8 cm³/mol. The van der Waals surface area contributed by atoms with E-state index in [2.05, 4.69) is 17.1 Å². The summed E-state index contributed by atoms with van der Waals surface area (Å²) in [6.45, 7) is 1.91. The molecule has 0 saturated carbocycles. The number of esters is 1. The lowest BCUT2D eigenvalue weighted by molar-refractivity contribution is -0.137. The molecular formula is C19H18ClNO4. The van der Waals surface area contributed by atoms with Crippen LogP contribution in [-0.4, -0.2) is 28.8 Å². The van der Waals surface area contributed by atoms with E-state index in [0.29, 0.717) is 5.88 Å². The van der Waals surface area contributed by atoms with E-state index in [9.17, 15) is 9.90 Å². The minimum atomic E-state index is -0.637. The maximum Gasteiger partial charge on any atom is 0.334 e. The third kappa shape index (κ3) is 4.12. The third-order valence-corrected chi connectivity index (χ3v) is 4.25. The van der Waals surface area contributed by atoms with E-state index in [-0.39, 0.29) is 29.1 Å². The molecule has 1 heterocycles. The Kier molecular flexibility index (Phi) is 5.24. The van der Waals surface area contributed by atoms with Crippen LogP contribution in [0, 0.1) is 0 Å². The molecule has 3 rings (SSSR count). The van der Waals surface area contributed by atoms with Crippen LogP contribution in [0.3, 0.4) is 0 Å². The van der Waals surface area contributed by atoms with E-state index in [1.807, 2.05) is 12.1 Å². The summed E-state index contributed by atoms with van der Waals surface area (Å²) >= 11 is 6.07. The molecular weight excluding hydrogens is 342 g/mol. The van der Waals surface area contributed by atoms with Crippen LogP contribution in [0.5, 0.6) is 5.88 Å². The highest BCUT2D eigenvalue weighted by Crippen LogP contribution is 2.28. The zero-order chi connectivity index (χ0) is 17.8. The molecule has 0 atom stereocenters. The van der Waals surface area contributed by atoms with Gasteiger partial charge in [-0.15, -0.1) is 0 Å². The van der Waals surface area contributed by atoms with Crippen LogP contribution in [-0.2, 0) is 22.4 Å². The van der Waals surface area contributed by atoms with E-state index in [1.54, 1.807) is 6.92 Å². The fourth-order valence-corrected chi connectivity index (χ4v) is 3.03. The Bertz CT molecular complexity index is 794. The molecule has 130 valence electrons. The van der Waals surface area contributed by atoms with Crippen molar-refractivity contribution in [3.63, 3.8) is 0 Å². The first kappa shape index (κ1) is 17.3. The highest BCUT2D eigenvalue weighted by molar-refractivity contribution is 6.32. The zero-order valence-electron chi connectivity index (χ0n) is 13.7. The fourth-order valence-electron chi connectivity index (χ4n) is 2.83. The number of carbonyl (C=O) groups excluding carboxylic acids is 1. The van der Waals surface area contributed by atoms with E-state index >= 15 is 0 Å². The number of fused-ring (bicyclic) bond motifs is 1. The van der Waals surface area contributed by atoms with Gasteiger partial charge in [0.05, 0.1) is 23.9 Å². The lowest BCUT2D eigenvalue weighted by Crippen LogP contribution is -2.17. The Hall–Kier alpha value is -2.53. The van der Waals surface area contributed by atoms with Crippen molar-refractivity contribution >= 4 is 23.3 Å². The molecule has 1 N–H and O–H groups in total. The number of hydrogen-bond acceptors (Lipinski definition) is 5. The summed E-state index contributed by atoms with van der Waals surface area (Å²) in [5.74, 6) is -0.576. The van der Waals surface area contributed by atoms with Gasteiger partial charge in [0, 0.05) is 24.5 Å². The first-order valence-corrected chi connectivity index (χ1v) is 8.41. The first-order valence-electron chi connectivity index (χ1n) is 8.03. The minimum absolute atomic E-state index is 0.0184. The second-order valence-electron chi connectivity index (χ2n) is 5.70. The second-order valence-corrected chi connectivity index (χ2v) is 6.11. The SMILES string of the molecule is CCOC(=O)C=C(O)c1cc(OC2Cc3ccccc3C2)ncc1Cl. The van der Waals surface area contributed by atoms with Crippen molar-refractivity contribution in [2.75, 3.05) is 6.61 Å². The van der Waals surface area contributed by atoms with Gasteiger partial charge >= 0.3 is 5.97 Å². The molecule has 0 aliphatic heterocycles. The molecule has 5 nitrogen and oxygen atoms in total. The molecule has 0 bridgehead atoms. The second kappa shape index (κ2) is 7.57. The molecule has 1 aliphatic carbocycles. The maximum absolute atomic E-state index is 11.5. The summed E-state index contributed by atoms with van der Waals surface area (Å²) in [7, 11) is 0. The number of pyridine rings is 1. The topological polar surface area (TPSA) is 68.7 Å². The molecule has 0 unspecified atom stereocenters. The van der Waals surface area contributed by atoms with Crippen LogP contribution in [0.25, 0.3) is 5.76 Å². The normalized spacial score (nSPS) is 14.2. The fraction of sp³-hybridized carbons (Fsp3) is 0.263. The average molecular weight is 360 g/mol. The summed E-state index contributed by atoms with van der Waals surface area (Å²) in [5.41, 5.74) is 2.81. The standard InChI is InChI=1S/C19H18ClNO4/c1-2-24-19(23)10-17(22)15-9-18(21-11-16(15)20)25-14-7-12-5-3-4-6-13(12)8-14/h3-6,9-11,14,22H,2,7-8H2,1H3. The summed E-state index contributed by atoms with van der Waals surface area (Å²) in [5, 5.41) is 10.3. The van der Waals surface area contributed by atoms with E-state index in [0.717, 1.165) is 18.9 Å². The van der Waals surface area contributed by atoms with Crippen LogP contribution in [0.4, 0.5) is 0 Å². The van der Waals surface area contributed by atoms with Gasteiger partial charge in [-0.1, -0.05) is 35.9 Å². The highest BCUT2D eigenvalue weighted by Gasteiger charge is 2.23. The van der Waals surface area contributed by atoms with Crippen molar-refractivity contribution in [1.82, 2.24) is 4.98 Å². The lowest BCUT2D eigenvalue weighted by atomic mass is 10.1. The molecule has 1 aromatic heterocycles. The number of benzene rings is 1. The predicted octanol–water partition coefficient (Wildman–Crippen LogP) is 3.74. The molecule has 0 fully saturated rings. The van der Waals surface area contributed by atoms with Gasteiger partial charge in [0.1, 0.15) is 11.9 Å². The minimum Gasteiger partial charge on any atom is -0.507 e. The number of carbonyl (C=O) groups is 1. The largest absolute Gasteiger partial charge is 0.507 e. The highest BCUT2D eigenvalue weighted by atomic mass is 35.5. The summed E-state index contributed by atoms with van der Waals surface area (Å²) in [4.78, 5) is 15.6. The van der Waals surface area contributed by atoms with Gasteiger partial charge in [-0.2, -0.15) is 0 Å². The van der Waals surface area contributed by atoms with E-state index < -0.39 is 5.97 Å². The van der Waals surface area contributed by atoms with Crippen molar-refractivity contribution in [3.05, 3.63) is 64.3 Å². The van der Waals surface area contributed by atoms with Gasteiger partial charge in [-0.25, -0.2) is 9.78 Å². The molecule has 25 heavy (non-hydrogen) atoms. The van der Waals surface area contributed by atoms with Gasteiger partial charge in [0.25, 0.3) is 0 Å². The molecule has 2 aromatic rings. The lowest BCUT2D eigenvalue weighted by Gasteiger charge is -2.13. The molecule has 6 heteroatoms. The number of aliphatic hydroxyl groups excluding tert-OH is 1. The van der Waals surface area contributed by atoms with Crippen LogP contribution >= 0.6 is 11.6 Å². The van der Waals surface area contributed by atoms with Crippen molar-refractivity contribution in [2.45, 2.75) is 25.9 Å². The van der Waals surface area contributed by atoms with Gasteiger partial charge in [-0.05, 0) is 18.1 Å². The van der Waals surface area contributed by atoms with Crippen LogP contribution in [0.15, 0.2) is 42.6 Å². The van der Waals surface area contributed by atoms with Crippen LogP contribution in [0.2, 0.25) is 5.02 Å². The van der Waals surface area contributed by atoms with Crippen LogP contribution in [0.1, 0.15) is 23.6 Å². The van der Waals surface area contributed by atoms with Crippen LogP contribution < -0.4 is 4.74 Å². The number of nitrogens with zero attached hydrogens (tertiary/aromatic N) is 1. The molecule has 0 radical (unpaired) electrons. The summed E-state index contributed by atoms with van der Waals surface area (Å²) in [6.07, 6.45) is 3.97. The number of ether oxygens (including phenoxy) is 2. The average Bonchev–Trinajstić information content (AvgIpc) is 2.99. The number of rotatable bonds is 5. The Morgan fingerprint density at radius 1 is 1.36 bits per heavy atom. The Labute approximate surface area is 150 Å². The Morgan fingerprint density at radius 3 is 2.68 bits per heavy atom. The quantitative estimate of drug-likeness (QED) is 0.500. The van der Waals surface area contributed by atoms with Crippen molar-refractivity contribution in [2.24, 2.45) is 0 Å². The van der Waals surface area contributed by atoms with Crippen molar-refractivity contribution in [3.8, 4) is 5.88 Å².